The summed E-state index contributed by atoms with van der Waals surface area (Å²) in [5.41, 5.74) is -3.99. The first-order valence-corrected chi connectivity index (χ1v) is 14.9. The first-order chi connectivity index (χ1) is 19.3. The van der Waals surface area contributed by atoms with Gasteiger partial charge < -0.3 is 20.4 Å². The summed E-state index contributed by atoms with van der Waals surface area (Å²) in [6.45, 7) is 15.7. The Morgan fingerprint density at radius 3 is 2.12 bits per heavy atom. The van der Waals surface area contributed by atoms with Crippen molar-refractivity contribution in [3.8, 4) is 5.75 Å². The Hall–Kier alpha value is -3.26. The first kappa shape index (κ1) is 31.7. The summed E-state index contributed by atoms with van der Waals surface area (Å²) in [6, 6.07) is 1.85. The average Bonchev–Trinajstić information content (AvgIpc) is 2.84. The Morgan fingerprint density at radius 1 is 1.02 bits per heavy atom. The number of hydrogen-bond acceptors (Lipinski definition) is 8. The molecule has 42 heavy (non-hydrogen) atoms. The third-order valence-corrected chi connectivity index (χ3v) is 10.0. The molecule has 4 N–H and O–H groups in total. The van der Waals surface area contributed by atoms with E-state index in [-0.39, 0.29) is 66.1 Å². The van der Waals surface area contributed by atoms with Gasteiger partial charge in [0.1, 0.15) is 28.6 Å². The van der Waals surface area contributed by atoms with E-state index in [2.05, 4.69) is 0 Å². The van der Waals surface area contributed by atoms with E-state index in [4.69, 9.17) is 0 Å². The Kier molecular flexibility index (Phi) is 7.68. The van der Waals surface area contributed by atoms with Crippen LogP contribution in [-0.4, -0.2) is 49.2 Å². The zero-order valence-electron chi connectivity index (χ0n) is 26.1. The zero-order valence-corrected chi connectivity index (χ0v) is 26.1. The molecule has 0 aliphatic heterocycles. The van der Waals surface area contributed by atoms with Crippen molar-refractivity contribution in [2.75, 3.05) is 0 Å². The van der Waals surface area contributed by atoms with Crippen LogP contribution in [0.3, 0.4) is 0 Å². The third-order valence-electron chi connectivity index (χ3n) is 10.0. The van der Waals surface area contributed by atoms with E-state index < -0.39 is 56.8 Å². The van der Waals surface area contributed by atoms with Gasteiger partial charge in [-0.15, -0.1) is 0 Å². The van der Waals surface area contributed by atoms with E-state index in [9.17, 15) is 39.6 Å². The molecule has 0 spiro atoms. The van der Waals surface area contributed by atoms with Crippen LogP contribution in [0, 0.1) is 28.6 Å². The molecule has 228 valence electrons. The monoisotopic (exact) mass is 580 g/mol. The number of Topliss-reactive ketones (excluding diaryl/α,β-unsaturated/α-hetero) is 4. The Bertz CT molecular complexity index is 1470. The van der Waals surface area contributed by atoms with E-state index >= 15 is 0 Å². The Labute approximate surface area is 247 Å². The van der Waals surface area contributed by atoms with Gasteiger partial charge in [0.2, 0.25) is 5.78 Å². The third kappa shape index (κ3) is 4.20. The number of carbonyl (C=O) groups is 4. The molecule has 8 nitrogen and oxygen atoms in total. The minimum absolute atomic E-state index is 0.00766. The second-order valence-corrected chi connectivity index (χ2v) is 14.1. The van der Waals surface area contributed by atoms with Crippen molar-refractivity contribution in [2.24, 2.45) is 28.6 Å². The number of fused-ring (bicyclic) bond motifs is 3. The van der Waals surface area contributed by atoms with Gasteiger partial charge in [-0.25, -0.2) is 0 Å². The second kappa shape index (κ2) is 10.2. The molecule has 0 heterocycles. The summed E-state index contributed by atoms with van der Waals surface area (Å²) in [7, 11) is 0. The number of aromatic hydroxyl groups is 1. The van der Waals surface area contributed by atoms with E-state index in [1.54, 1.807) is 41.5 Å². The first-order valence-electron chi connectivity index (χ1n) is 14.9. The minimum Gasteiger partial charge on any atom is -0.511 e. The van der Waals surface area contributed by atoms with Gasteiger partial charge in [0.05, 0.1) is 5.56 Å². The second-order valence-electron chi connectivity index (χ2n) is 14.1. The summed E-state index contributed by atoms with van der Waals surface area (Å²) in [4.78, 5) is 53.2. The summed E-state index contributed by atoms with van der Waals surface area (Å²) in [5.74, 6) is -5.46. The molecular weight excluding hydrogens is 536 g/mol. The van der Waals surface area contributed by atoms with Gasteiger partial charge in [0.15, 0.2) is 17.2 Å². The lowest BCUT2D eigenvalue weighted by Crippen LogP contribution is -2.67. The van der Waals surface area contributed by atoms with Crippen LogP contribution in [0.4, 0.5) is 0 Å². The van der Waals surface area contributed by atoms with Crippen molar-refractivity contribution >= 4 is 23.1 Å². The van der Waals surface area contributed by atoms with Crippen LogP contribution < -0.4 is 0 Å². The van der Waals surface area contributed by atoms with Crippen molar-refractivity contribution in [3.05, 3.63) is 51.0 Å². The zero-order chi connectivity index (χ0) is 31.9. The lowest BCUT2D eigenvalue weighted by molar-refractivity contribution is -0.171. The Morgan fingerprint density at radius 2 is 1.62 bits per heavy atom. The van der Waals surface area contributed by atoms with Gasteiger partial charge in [-0.05, 0) is 54.7 Å². The largest absolute Gasteiger partial charge is 0.511 e. The van der Waals surface area contributed by atoms with E-state index in [0.717, 1.165) is 12.5 Å². The fourth-order valence-corrected chi connectivity index (χ4v) is 8.14. The number of hydrogen-bond donors (Lipinski definition) is 4. The Balaban J connectivity index is 2.01. The predicted octanol–water partition coefficient (Wildman–Crippen LogP) is 5.63. The lowest BCUT2D eigenvalue weighted by Gasteiger charge is -2.59. The van der Waals surface area contributed by atoms with Crippen molar-refractivity contribution in [2.45, 2.75) is 99.5 Å². The molecule has 0 bridgehead atoms. The minimum atomic E-state index is -2.64. The molecule has 1 unspecified atom stereocenters. The number of benzene rings is 1. The lowest BCUT2D eigenvalue weighted by atomic mass is 9.44. The van der Waals surface area contributed by atoms with Crippen LogP contribution in [0.15, 0.2) is 28.7 Å². The van der Waals surface area contributed by atoms with Crippen molar-refractivity contribution in [3.63, 3.8) is 0 Å². The molecule has 1 aromatic rings. The van der Waals surface area contributed by atoms with Gasteiger partial charge in [-0.1, -0.05) is 61.5 Å². The number of aryl methyl sites for hydroxylation is 1. The number of allylic oxidation sites excluding steroid dienone is 2. The van der Waals surface area contributed by atoms with Crippen LogP contribution in [0.5, 0.6) is 5.75 Å². The number of aliphatic hydroxyl groups excluding tert-OH is 2. The summed E-state index contributed by atoms with van der Waals surface area (Å²) in [5, 5.41) is 46.8. The molecule has 4 rings (SSSR count). The van der Waals surface area contributed by atoms with Gasteiger partial charge >= 0.3 is 0 Å². The maximum atomic E-state index is 14.4. The van der Waals surface area contributed by atoms with Gasteiger partial charge in [-0.3, -0.25) is 19.2 Å². The quantitative estimate of drug-likeness (QED) is 0.303. The molecule has 1 aromatic carbocycles. The molecule has 8 heteroatoms. The molecule has 3 aliphatic rings. The molecule has 3 aliphatic carbocycles. The number of rotatable bonds is 7. The highest BCUT2D eigenvalue weighted by atomic mass is 16.3. The molecule has 0 saturated carbocycles. The molecule has 0 aromatic heterocycles. The molecule has 0 radical (unpaired) electrons. The van der Waals surface area contributed by atoms with Crippen molar-refractivity contribution in [1.29, 1.82) is 0 Å². The van der Waals surface area contributed by atoms with Crippen LogP contribution in [0.1, 0.15) is 108 Å². The molecule has 0 amide bonds. The summed E-state index contributed by atoms with van der Waals surface area (Å²) in [6.07, 6.45) is 0.699. The predicted molar refractivity (Wildman–Crippen MR) is 158 cm³/mol. The normalized spacial score (nSPS) is 29.3. The van der Waals surface area contributed by atoms with E-state index in [1.807, 2.05) is 19.9 Å². The number of aliphatic hydroxyl groups is 3. The molecule has 0 saturated heterocycles. The van der Waals surface area contributed by atoms with Crippen LogP contribution in [0.25, 0.3) is 0 Å². The molecule has 4 atom stereocenters. The maximum Gasteiger partial charge on any atom is 0.209 e. The van der Waals surface area contributed by atoms with Gasteiger partial charge in [-0.2, -0.15) is 0 Å². The highest BCUT2D eigenvalue weighted by molar-refractivity contribution is 6.25. The van der Waals surface area contributed by atoms with Crippen LogP contribution in [0.2, 0.25) is 0 Å². The van der Waals surface area contributed by atoms with Crippen LogP contribution in [-0.2, 0) is 27.2 Å². The standard InChI is InChI=1S/C34H44O8/c1-15(2)20-12-19(10-11-22(36)16(3)4)27(37)24-21(20)13-32(8)14-33(9)25(17(5)6)28(38)23(18(7)35)30(40)34(33,42)31(41)26(32)29(24)39/h12,15-17,25,37-38,41-42H,10-11,13-14H2,1-9H3/t25?,32-,33-,34+/m1/s1. The summed E-state index contributed by atoms with van der Waals surface area (Å²) >= 11 is 0. The average molecular weight is 581 g/mol. The van der Waals surface area contributed by atoms with E-state index in [0.29, 0.717) is 11.1 Å². The fourth-order valence-electron chi connectivity index (χ4n) is 8.14. The fraction of sp³-hybridized carbons (Fsp3) is 0.588. The van der Waals surface area contributed by atoms with Crippen molar-refractivity contribution in [1.82, 2.24) is 0 Å². The summed E-state index contributed by atoms with van der Waals surface area (Å²) < 4.78 is 0. The smallest absolute Gasteiger partial charge is 0.209 e. The molecular formula is C34H44O8. The highest BCUT2D eigenvalue weighted by Crippen LogP contribution is 2.65. The van der Waals surface area contributed by atoms with Crippen molar-refractivity contribution < 1.29 is 39.6 Å². The van der Waals surface area contributed by atoms with E-state index in [1.165, 1.54) is 0 Å². The maximum absolute atomic E-state index is 14.4. The number of ketones is 4. The highest BCUT2D eigenvalue weighted by Gasteiger charge is 2.71. The topological polar surface area (TPSA) is 149 Å². The van der Waals surface area contributed by atoms with Gasteiger partial charge in [0, 0.05) is 34.7 Å². The number of phenolic OH excluding ortho intramolecular Hbond substituents is 1. The molecule has 0 fully saturated rings. The number of phenols is 1. The van der Waals surface area contributed by atoms with Crippen LogP contribution >= 0.6 is 0 Å². The SMILES string of the molecule is CC(=O)C1=C(O)C(C(C)C)[C@@]2(C)C[C@@]3(C)Cc4c(C(C)C)cc(CCC(=O)C(C)C)c(O)c4C(=O)C3=C(O)[C@@]2(O)C1=O. The number of carbonyl (C=O) groups excluding carboxylic acids is 4. The van der Waals surface area contributed by atoms with Gasteiger partial charge in [0.25, 0.3) is 0 Å².